The molecule has 0 unspecified atom stereocenters. The highest BCUT2D eigenvalue weighted by atomic mass is 79.9. The highest BCUT2D eigenvalue weighted by Gasteiger charge is 2.25. The normalized spacial score (nSPS) is 15.6. The van der Waals surface area contributed by atoms with Crippen LogP contribution < -0.4 is 0 Å². The summed E-state index contributed by atoms with van der Waals surface area (Å²) in [5.41, 5.74) is 0.816. The van der Waals surface area contributed by atoms with Crippen molar-refractivity contribution in [2.75, 3.05) is 20.1 Å². The summed E-state index contributed by atoms with van der Waals surface area (Å²) in [6, 6.07) is 10.7. The van der Waals surface area contributed by atoms with Gasteiger partial charge in [0, 0.05) is 25.0 Å². The van der Waals surface area contributed by atoms with Gasteiger partial charge in [0.2, 0.25) is 15.9 Å². The van der Waals surface area contributed by atoms with Crippen LogP contribution >= 0.6 is 27.3 Å². The molecule has 2 aromatic rings. The zero-order valence-electron chi connectivity index (χ0n) is 15.2. The van der Waals surface area contributed by atoms with Crippen molar-refractivity contribution in [3.63, 3.8) is 0 Å². The van der Waals surface area contributed by atoms with E-state index in [0.717, 1.165) is 33.5 Å². The van der Waals surface area contributed by atoms with Crippen molar-refractivity contribution < 1.29 is 13.2 Å². The van der Waals surface area contributed by atoms with Crippen LogP contribution in [0.15, 0.2) is 45.1 Å². The Hall–Kier alpha value is -1.22. The summed E-state index contributed by atoms with van der Waals surface area (Å²) >= 11 is 5.04. The molecule has 1 amide bonds. The number of thiophene rings is 1. The SMILES string of the molecule is CN(Cc1ccc(Br)s1)C(=O)Cc1ccc(S(=O)(=O)N2CCCCC2)cc1. The van der Waals surface area contributed by atoms with E-state index in [4.69, 9.17) is 0 Å². The quantitative estimate of drug-likeness (QED) is 0.643. The van der Waals surface area contributed by atoms with Gasteiger partial charge in [0.25, 0.3) is 0 Å². The average molecular weight is 471 g/mol. The lowest BCUT2D eigenvalue weighted by Crippen LogP contribution is -2.35. The van der Waals surface area contributed by atoms with E-state index in [1.807, 2.05) is 12.1 Å². The third-order valence-corrected chi connectivity index (χ3v) is 8.20. The summed E-state index contributed by atoms with van der Waals surface area (Å²) < 4.78 is 28.0. The third-order valence-electron chi connectivity index (χ3n) is 4.68. The van der Waals surface area contributed by atoms with Crippen LogP contribution in [0.2, 0.25) is 0 Å². The number of hydrogen-bond acceptors (Lipinski definition) is 4. The van der Waals surface area contributed by atoms with Crippen LogP contribution in [0.4, 0.5) is 0 Å². The van der Waals surface area contributed by atoms with Gasteiger partial charge in [-0.2, -0.15) is 4.31 Å². The molecular formula is C19H23BrN2O3S2. The molecule has 3 rings (SSSR count). The van der Waals surface area contributed by atoms with Crippen LogP contribution in [0.3, 0.4) is 0 Å². The largest absolute Gasteiger partial charge is 0.340 e. The molecule has 1 saturated heterocycles. The predicted octanol–water partition coefficient (Wildman–Crippen LogP) is 3.89. The molecule has 2 heterocycles. The van der Waals surface area contributed by atoms with E-state index in [0.29, 0.717) is 24.5 Å². The lowest BCUT2D eigenvalue weighted by atomic mass is 10.1. The molecule has 0 N–H and O–H groups in total. The fourth-order valence-electron chi connectivity index (χ4n) is 3.10. The zero-order valence-corrected chi connectivity index (χ0v) is 18.4. The van der Waals surface area contributed by atoms with E-state index in [1.165, 1.54) is 0 Å². The van der Waals surface area contributed by atoms with Crippen molar-refractivity contribution in [3.8, 4) is 0 Å². The number of carbonyl (C=O) groups is 1. The summed E-state index contributed by atoms with van der Waals surface area (Å²) in [4.78, 5) is 15.6. The van der Waals surface area contributed by atoms with Gasteiger partial charge in [-0.05, 0) is 58.6 Å². The Kier molecular flexibility index (Phi) is 6.73. The number of carbonyl (C=O) groups excluding carboxylic acids is 1. The first-order valence-electron chi connectivity index (χ1n) is 8.93. The molecule has 5 nitrogen and oxygen atoms in total. The third kappa shape index (κ3) is 5.19. The first kappa shape index (κ1) is 20.5. The number of likely N-dealkylation sites (N-methyl/N-ethyl adjacent to an activating group) is 1. The van der Waals surface area contributed by atoms with Gasteiger partial charge in [-0.3, -0.25) is 4.79 Å². The standard InChI is InChI=1S/C19H23BrN2O3S2/c1-21(14-16-7-10-18(20)26-16)19(23)13-15-5-8-17(9-6-15)27(24,25)22-11-3-2-4-12-22/h5-10H,2-4,11-14H2,1H3. The fraction of sp³-hybridized carbons (Fsp3) is 0.421. The molecule has 0 spiro atoms. The molecule has 1 fully saturated rings. The summed E-state index contributed by atoms with van der Waals surface area (Å²) in [6.07, 6.45) is 3.17. The number of halogens is 1. The topological polar surface area (TPSA) is 57.7 Å². The van der Waals surface area contributed by atoms with Gasteiger partial charge in [-0.1, -0.05) is 18.6 Å². The molecule has 0 atom stereocenters. The minimum absolute atomic E-state index is 0.00570. The minimum Gasteiger partial charge on any atom is -0.340 e. The van der Waals surface area contributed by atoms with Crippen LogP contribution in [0.1, 0.15) is 29.7 Å². The Morgan fingerprint density at radius 1 is 1.11 bits per heavy atom. The van der Waals surface area contributed by atoms with Crippen molar-refractivity contribution in [3.05, 3.63) is 50.6 Å². The van der Waals surface area contributed by atoms with Gasteiger partial charge in [-0.15, -0.1) is 11.3 Å². The molecule has 0 saturated carbocycles. The van der Waals surface area contributed by atoms with Crippen molar-refractivity contribution in [1.29, 1.82) is 0 Å². The van der Waals surface area contributed by atoms with Crippen LogP contribution in [0.5, 0.6) is 0 Å². The second-order valence-corrected chi connectivity index (χ2v) is 11.2. The van der Waals surface area contributed by atoms with Crippen LogP contribution in [0.25, 0.3) is 0 Å². The summed E-state index contributed by atoms with van der Waals surface area (Å²) in [5, 5.41) is 0. The number of sulfonamides is 1. The highest BCUT2D eigenvalue weighted by Crippen LogP contribution is 2.24. The van der Waals surface area contributed by atoms with E-state index in [2.05, 4.69) is 15.9 Å². The average Bonchev–Trinajstić information content (AvgIpc) is 3.07. The smallest absolute Gasteiger partial charge is 0.243 e. The Balaban J connectivity index is 1.62. The van der Waals surface area contributed by atoms with E-state index in [9.17, 15) is 13.2 Å². The maximum absolute atomic E-state index is 12.7. The van der Waals surface area contributed by atoms with E-state index >= 15 is 0 Å². The highest BCUT2D eigenvalue weighted by molar-refractivity contribution is 9.11. The second kappa shape index (κ2) is 8.86. The number of benzene rings is 1. The maximum Gasteiger partial charge on any atom is 0.243 e. The monoisotopic (exact) mass is 470 g/mol. The van der Waals surface area contributed by atoms with Crippen LogP contribution in [-0.4, -0.2) is 43.7 Å². The van der Waals surface area contributed by atoms with Gasteiger partial charge in [-0.25, -0.2) is 8.42 Å². The Morgan fingerprint density at radius 2 is 1.78 bits per heavy atom. The second-order valence-electron chi connectivity index (χ2n) is 6.74. The Morgan fingerprint density at radius 3 is 2.37 bits per heavy atom. The molecule has 0 aliphatic carbocycles. The number of rotatable bonds is 6. The zero-order chi connectivity index (χ0) is 19.4. The number of hydrogen-bond donors (Lipinski definition) is 0. The first-order valence-corrected chi connectivity index (χ1v) is 12.0. The van der Waals surface area contributed by atoms with Crippen molar-refractivity contribution in [2.45, 2.75) is 37.1 Å². The molecule has 146 valence electrons. The fourth-order valence-corrected chi connectivity index (χ4v) is 6.16. The van der Waals surface area contributed by atoms with Crippen molar-refractivity contribution in [2.24, 2.45) is 0 Å². The van der Waals surface area contributed by atoms with Crippen molar-refractivity contribution >= 4 is 43.2 Å². The lowest BCUT2D eigenvalue weighted by molar-refractivity contribution is -0.129. The molecule has 1 aliphatic rings. The van der Waals surface area contributed by atoms with E-state index in [1.54, 1.807) is 51.9 Å². The molecular weight excluding hydrogens is 448 g/mol. The van der Waals surface area contributed by atoms with Gasteiger partial charge < -0.3 is 4.90 Å². The predicted molar refractivity (Wildman–Crippen MR) is 111 cm³/mol. The number of piperidine rings is 1. The number of amides is 1. The summed E-state index contributed by atoms with van der Waals surface area (Å²) in [5.74, 6) is 0.00570. The first-order chi connectivity index (χ1) is 12.9. The molecule has 8 heteroatoms. The maximum atomic E-state index is 12.7. The summed E-state index contributed by atoms with van der Waals surface area (Å²) in [7, 11) is -1.64. The van der Waals surface area contributed by atoms with Crippen LogP contribution in [0, 0.1) is 0 Å². The van der Waals surface area contributed by atoms with Gasteiger partial charge in [0.05, 0.1) is 21.6 Å². The molecule has 1 aliphatic heterocycles. The molecule has 27 heavy (non-hydrogen) atoms. The van der Waals surface area contributed by atoms with Gasteiger partial charge in [0.1, 0.15) is 0 Å². The van der Waals surface area contributed by atoms with Gasteiger partial charge in [0.15, 0.2) is 0 Å². The Labute approximate surface area is 173 Å². The summed E-state index contributed by atoms with van der Waals surface area (Å²) in [6.45, 7) is 1.74. The van der Waals surface area contributed by atoms with Crippen LogP contribution in [-0.2, 0) is 27.8 Å². The van der Waals surface area contributed by atoms with Gasteiger partial charge >= 0.3 is 0 Å². The lowest BCUT2D eigenvalue weighted by Gasteiger charge is -2.25. The molecule has 0 radical (unpaired) electrons. The molecule has 1 aromatic carbocycles. The molecule has 1 aromatic heterocycles. The number of nitrogens with zero attached hydrogens (tertiary/aromatic N) is 2. The Bertz CT molecular complexity index is 888. The van der Waals surface area contributed by atoms with Crippen molar-refractivity contribution in [1.82, 2.24) is 9.21 Å². The van der Waals surface area contributed by atoms with E-state index in [-0.39, 0.29) is 12.3 Å². The molecule has 0 bridgehead atoms. The minimum atomic E-state index is -3.43. The van der Waals surface area contributed by atoms with E-state index < -0.39 is 10.0 Å².